The van der Waals surface area contributed by atoms with Crippen LogP contribution in [0.3, 0.4) is 0 Å². The second kappa shape index (κ2) is 12.5. The molecule has 0 N–H and O–H groups in total. The molecule has 0 amide bonds. The molecule has 0 spiro atoms. The lowest BCUT2D eigenvalue weighted by Crippen LogP contribution is -2.53. The largest absolute Gasteiger partial charge is 0.379 e. The van der Waals surface area contributed by atoms with Crippen LogP contribution < -0.4 is 4.90 Å². The number of likely N-dealkylation sites (N-methyl/N-ethyl adjacent to an activating group) is 1. The van der Waals surface area contributed by atoms with E-state index in [-0.39, 0.29) is 0 Å². The van der Waals surface area contributed by atoms with E-state index in [4.69, 9.17) is 14.7 Å². The van der Waals surface area contributed by atoms with Crippen LogP contribution in [0.25, 0.3) is 0 Å². The van der Waals surface area contributed by atoms with E-state index in [1.807, 2.05) is 0 Å². The second-order valence-corrected chi connectivity index (χ2v) is 11.0. The van der Waals surface area contributed by atoms with Crippen LogP contribution in [0.4, 0.5) is 5.95 Å². The highest BCUT2D eigenvalue weighted by Crippen LogP contribution is 2.33. The first-order valence-electron chi connectivity index (χ1n) is 13.7. The molecular formula is C27H47N5O. The number of unbranched alkanes of at least 4 members (excludes halogenated alkanes) is 5. The number of piperidine rings is 1. The molecule has 6 heteroatoms. The van der Waals surface area contributed by atoms with E-state index in [1.54, 1.807) is 0 Å². The molecule has 2 unspecified atom stereocenters. The lowest BCUT2D eigenvalue weighted by atomic mass is 9.91. The first-order chi connectivity index (χ1) is 16.1. The summed E-state index contributed by atoms with van der Waals surface area (Å²) in [6, 6.07) is 1.20. The minimum Gasteiger partial charge on any atom is -0.379 e. The second-order valence-electron chi connectivity index (χ2n) is 11.0. The fourth-order valence-corrected chi connectivity index (χ4v) is 6.07. The van der Waals surface area contributed by atoms with Crippen molar-refractivity contribution >= 4 is 5.95 Å². The lowest BCUT2D eigenvalue weighted by molar-refractivity contribution is 0.0756. The number of rotatable bonds is 12. The summed E-state index contributed by atoms with van der Waals surface area (Å²) in [5.41, 5.74) is 1.35. The maximum atomic E-state index is 5.62. The summed E-state index contributed by atoms with van der Waals surface area (Å²) in [6.45, 7) is 11.2. The summed E-state index contributed by atoms with van der Waals surface area (Å²) in [4.78, 5) is 17.3. The zero-order valence-electron chi connectivity index (χ0n) is 21.4. The quantitative estimate of drug-likeness (QED) is 0.424. The van der Waals surface area contributed by atoms with Crippen LogP contribution in [-0.2, 0) is 4.74 Å². The van der Waals surface area contributed by atoms with E-state index in [9.17, 15) is 0 Å². The molecule has 2 bridgehead atoms. The zero-order chi connectivity index (χ0) is 23.0. The minimum atomic E-state index is 0.373. The summed E-state index contributed by atoms with van der Waals surface area (Å²) in [6.07, 6.45) is 17.7. The highest BCUT2D eigenvalue weighted by molar-refractivity contribution is 5.38. The van der Waals surface area contributed by atoms with Gasteiger partial charge >= 0.3 is 0 Å². The van der Waals surface area contributed by atoms with E-state index in [0.717, 1.165) is 25.6 Å². The Morgan fingerprint density at radius 1 is 0.879 bits per heavy atom. The fourth-order valence-electron chi connectivity index (χ4n) is 6.07. The summed E-state index contributed by atoms with van der Waals surface area (Å²) < 4.78 is 5.62. The van der Waals surface area contributed by atoms with Crippen molar-refractivity contribution in [2.24, 2.45) is 0 Å². The standard InChI is InChI=1S/C27H47N5O/c1-22(2)33-17-9-7-5-4-6-8-14-31-15-12-23(13-16-31)24-18-28-27(29-19-24)32-25-10-11-26(32)21-30(3)20-25/h18-19,22-23,25-26H,4-17,20-21H2,1-3H3. The zero-order valence-corrected chi connectivity index (χ0v) is 21.4. The molecule has 0 aromatic carbocycles. The first-order valence-corrected chi connectivity index (χ1v) is 13.7. The molecule has 3 saturated heterocycles. The Morgan fingerprint density at radius 2 is 1.48 bits per heavy atom. The van der Waals surface area contributed by atoms with Crippen molar-refractivity contribution in [3.05, 3.63) is 18.0 Å². The molecule has 0 radical (unpaired) electrons. The Balaban J connectivity index is 1.10. The first kappa shape index (κ1) is 24.9. The molecule has 0 aliphatic carbocycles. The lowest BCUT2D eigenvalue weighted by Gasteiger charge is -2.39. The van der Waals surface area contributed by atoms with Gasteiger partial charge in [-0.05, 0) is 90.5 Å². The van der Waals surface area contributed by atoms with Gasteiger partial charge in [0.05, 0.1) is 6.10 Å². The molecule has 2 atom stereocenters. The smallest absolute Gasteiger partial charge is 0.225 e. The third-order valence-corrected chi connectivity index (χ3v) is 7.93. The van der Waals surface area contributed by atoms with Crippen LogP contribution in [0, 0.1) is 0 Å². The van der Waals surface area contributed by atoms with Gasteiger partial charge in [-0.2, -0.15) is 0 Å². The number of anilines is 1. The monoisotopic (exact) mass is 457 g/mol. The number of fused-ring (bicyclic) bond motifs is 2. The average Bonchev–Trinajstić information content (AvgIpc) is 3.09. The van der Waals surface area contributed by atoms with Gasteiger partial charge in [-0.1, -0.05) is 25.7 Å². The molecule has 1 aromatic rings. The Labute approximate surface area is 202 Å². The summed E-state index contributed by atoms with van der Waals surface area (Å²) in [5, 5.41) is 0. The van der Waals surface area contributed by atoms with Crippen molar-refractivity contribution in [1.29, 1.82) is 0 Å². The van der Waals surface area contributed by atoms with Gasteiger partial charge in [-0.25, -0.2) is 9.97 Å². The van der Waals surface area contributed by atoms with Crippen molar-refractivity contribution in [3.63, 3.8) is 0 Å². The van der Waals surface area contributed by atoms with Crippen molar-refractivity contribution in [2.75, 3.05) is 51.3 Å². The summed E-state index contributed by atoms with van der Waals surface area (Å²) in [5.74, 6) is 1.59. The minimum absolute atomic E-state index is 0.373. The highest BCUT2D eigenvalue weighted by Gasteiger charge is 2.40. The van der Waals surface area contributed by atoms with Gasteiger partial charge in [0.25, 0.3) is 0 Å². The van der Waals surface area contributed by atoms with E-state index >= 15 is 0 Å². The van der Waals surface area contributed by atoms with E-state index in [0.29, 0.717) is 24.1 Å². The Kier molecular flexibility index (Phi) is 9.39. The molecule has 1 aromatic heterocycles. The summed E-state index contributed by atoms with van der Waals surface area (Å²) >= 11 is 0. The highest BCUT2D eigenvalue weighted by atomic mass is 16.5. The molecule has 33 heavy (non-hydrogen) atoms. The van der Waals surface area contributed by atoms with Crippen molar-refractivity contribution in [3.8, 4) is 0 Å². The molecule has 186 valence electrons. The average molecular weight is 458 g/mol. The van der Waals surface area contributed by atoms with Gasteiger partial charge in [0.2, 0.25) is 5.95 Å². The van der Waals surface area contributed by atoms with E-state index in [1.165, 1.54) is 89.4 Å². The number of likely N-dealkylation sites (tertiary alicyclic amines) is 2. The number of nitrogens with zero attached hydrogens (tertiary/aromatic N) is 5. The van der Waals surface area contributed by atoms with Gasteiger partial charge in [0, 0.05) is 44.2 Å². The van der Waals surface area contributed by atoms with Crippen LogP contribution in [0.5, 0.6) is 0 Å². The van der Waals surface area contributed by atoms with E-state index in [2.05, 4.69) is 48.0 Å². The maximum Gasteiger partial charge on any atom is 0.225 e. The molecule has 3 aliphatic heterocycles. The van der Waals surface area contributed by atoms with Crippen LogP contribution in [-0.4, -0.2) is 84.3 Å². The number of ether oxygens (including phenoxy) is 1. The van der Waals surface area contributed by atoms with Crippen LogP contribution in [0.1, 0.15) is 89.5 Å². The van der Waals surface area contributed by atoms with Crippen LogP contribution >= 0.6 is 0 Å². The van der Waals surface area contributed by atoms with Gasteiger partial charge in [0.1, 0.15) is 0 Å². The third-order valence-electron chi connectivity index (χ3n) is 7.93. The molecule has 0 saturated carbocycles. The van der Waals surface area contributed by atoms with Crippen molar-refractivity contribution in [2.45, 2.75) is 102 Å². The third kappa shape index (κ3) is 7.12. The normalized spacial score (nSPS) is 24.8. The molecule has 4 rings (SSSR count). The molecular weight excluding hydrogens is 410 g/mol. The Hall–Kier alpha value is -1.24. The van der Waals surface area contributed by atoms with Gasteiger partial charge in [-0.15, -0.1) is 0 Å². The van der Waals surface area contributed by atoms with Crippen LogP contribution in [0.15, 0.2) is 12.4 Å². The van der Waals surface area contributed by atoms with Crippen molar-refractivity contribution in [1.82, 2.24) is 19.8 Å². The molecule has 4 heterocycles. The number of aromatic nitrogens is 2. The molecule has 3 aliphatic rings. The van der Waals surface area contributed by atoms with Gasteiger partial charge in [0.15, 0.2) is 0 Å². The predicted octanol–water partition coefficient (Wildman–Crippen LogP) is 4.70. The van der Waals surface area contributed by atoms with Gasteiger partial charge < -0.3 is 19.4 Å². The fraction of sp³-hybridized carbons (Fsp3) is 0.852. The van der Waals surface area contributed by atoms with Gasteiger partial charge in [-0.3, -0.25) is 0 Å². The maximum absolute atomic E-state index is 5.62. The van der Waals surface area contributed by atoms with Crippen LogP contribution in [0.2, 0.25) is 0 Å². The SMILES string of the molecule is CC(C)OCCCCCCCCN1CCC(c2cnc(N3C4CCC3CN(C)C4)nc2)CC1. The number of hydrogen-bond donors (Lipinski definition) is 0. The Bertz CT molecular complexity index is 674. The Morgan fingerprint density at radius 3 is 2.12 bits per heavy atom. The number of hydrogen-bond acceptors (Lipinski definition) is 6. The van der Waals surface area contributed by atoms with Crippen molar-refractivity contribution < 1.29 is 4.74 Å². The summed E-state index contributed by atoms with van der Waals surface area (Å²) in [7, 11) is 2.24. The number of piperazine rings is 1. The molecule has 6 nitrogen and oxygen atoms in total. The van der Waals surface area contributed by atoms with E-state index < -0.39 is 0 Å². The topological polar surface area (TPSA) is 44.7 Å². The molecule has 3 fully saturated rings. The predicted molar refractivity (Wildman–Crippen MR) is 136 cm³/mol.